The van der Waals surface area contributed by atoms with E-state index in [-0.39, 0.29) is 17.5 Å². The molecule has 3 rings (SSSR count). The van der Waals surface area contributed by atoms with Gasteiger partial charge in [0.05, 0.1) is 30.8 Å². The molecule has 36 heavy (non-hydrogen) atoms. The molecule has 0 aliphatic heterocycles. The smallest absolute Gasteiger partial charge is 0.264 e. The second-order valence-corrected chi connectivity index (χ2v) is 10.6. The largest absolute Gasteiger partial charge is 0.493 e. The summed E-state index contributed by atoms with van der Waals surface area (Å²) in [6, 6.07) is 17.3. The number of hydrogen-bond donors (Lipinski definition) is 1. The van der Waals surface area contributed by atoms with E-state index in [9.17, 15) is 13.2 Å². The summed E-state index contributed by atoms with van der Waals surface area (Å²) in [6.45, 7) is 7.27. The molecule has 8 heteroatoms. The molecular weight excluding hydrogens is 476 g/mol. The summed E-state index contributed by atoms with van der Waals surface area (Å²) in [4.78, 5) is 13.4. The molecule has 0 saturated heterocycles. The van der Waals surface area contributed by atoms with Gasteiger partial charge in [-0.1, -0.05) is 48.4 Å². The first-order chi connectivity index (χ1) is 17.1. The number of ether oxygens (including phenoxy) is 2. The number of amides is 1. The topological polar surface area (TPSA) is 84.9 Å². The molecule has 1 amide bonds. The van der Waals surface area contributed by atoms with E-state index in [0.29, 0.717) is 23.6 Å². The summed E-state index contributed by atoms with van der Waals surface area (Å²) >= 11 is 0. The van der Waals surface area contributed by atoms with E-state index in [2.05, 4.69) is 5.32 Å². The minimum Gasteiger partial charge on any atom is -0.493 e. The fraction of sp³-hybridized carbons (Fsp3) is 0.321. The fourth-order valence-electron chi connectivity index (χ4n) is 4.08. The Kier molecular flexibility index (Phi) is 8.63. The van der Waals surface area contributed by atoms with Gasteiger partial charge in [0.15, 0.2) is 11.5 Å². The van der Waals surface area contributed by atoms with Crippen molar-refractivity contribution in [1.29, 1.82) is 0 Å². The maximum Gasteiger partial charge on any atom is 0.264 e. The Hall–Kier alpha value is -3.52. The number of benzene rings is 3. The summed E-state index contributed by atoms with van der Waals surface area (Å²) < 4.78 is 39.3. The first kappa shape index (κ1) is 27.1. The van der Waals surface area contributed by atoms with Crippen LogP contribution in [0, 0.1) is 20.8 Å². The zero-order chi connectivity index (χ0) is 26.5. The Labute approximate surface area is 214 Å². The zero-order valence-electron chi connectivity index (χ0n) is 21.7. The first-order valence-electron chi connectivity index (χ1n) is 11.8. The molecule has 3 aromatic carbocycles. The molecular formula is C28H34N2O5S. The SMILES string of the molecule is CCC(NC(=O)CN(c1ccc(C)cc1C)S(=O)(=O)c1ccc(C)cc1)c1ccc(OC)c(OC)c1. The molecule has 1 atom stereocenters. The number of rotatable bonds is 10. The fourth-order valence-corrected chi connectivity index (χ4v) is 5.57. The van der Waals surface area contributed by atoms with Crippen molar-refractivity contribution in [3.8, 4) is 11.5 Å². The van der Waals surface area contributed by atoms with E-state index in [1.807, 2.05) is 52.0 Å². The van der Waals surface area contributed by atoms with E-state index in [4.69, 9.17) is 9.47 Å². The molecule has 0 fully saturated rings. The van der Waals surface area contributed by atoms with Gasteiger partial charge in [0, 0.05) is 0 Å². The van der Waals surface area contributed by atoms with Gasteiger partial charge in [-0.2, -0.15) is 0 Å². The van der Waals surface area contributed by atoms with Gasteiger partial charge in [-0.15, -0.1) is 0 Å². The lowest BCUT2D eigenvalue weighted by molar-refractivity contribution is -0.120. The number of methoxy groups -OCH3 is 2. The van der Waals surface area contributed by atoms with Crippen LogP contribution < -0.4 is 19.1 Å². The molecule has 0 aliphatic rings. The maximum absolute atomic E-state index is 13.7. The van der Waals surface area contributed by atoms with Crippen molar-refractivity contribution >= 4 is 21.6 Å². The minimum atomic E-state index is -3.99. The van der Waals surface area contributed by atoms with Crippen LogP contribution in [0.15, 0.2) is 65.6 Å². The van der Waals surface area contributed by atoms with Gasteiger partial charge in [-0.25, -0.2) is 8.42 Å². The summed E-state index contributed by atoms with van der Waals surface area (Å²) in [5.41, 5.74) is 4.03. The van der Waals surface area contributed by atoms with Gasteiger partial charge >= 0.3 is 0 Å². The Morgan fingerprint density at radius 2 is 1.53 bits per heavy atom. The second-order valence-electron chi connectivity index (χ2n) is 8.76. The van der Waals surface area contributed by atoms with Crippen molar-refractivity contribution in [2.75, 3.05) is 25.1 Å². The van der Waals surface area contributed by atoms with Gasteiger partial charge in [-0.3, -0.25) is 9.10 Å². The predicted molar refractivity (Wildman–Crippen MR) is 142 cm³/mol. The van der Waals surface area contributed by atoms with Crippen molar-refractivity contribution in [2.45, 2.75) is 45.1 Å². The number of carbonyl (C=O) groups is 1. The lowest BCUT2D eigenvalue weighted by Crippen LogP contribution is -2.42. The highest BCUT2D eigenvalue weighted by atomic mass is 32.2. The van der Waals surface area contributed by atoms with E-state index >= 15 is 0 Å². The van der Waals surface area contributed by atoms with E-state index in [1.165, 1.54) is 4.31 Å². The van der Waals surface area contributed by atoms with Crippen LogP contribution in [0.1, 0.15) is 41.6 Å². The summed E-state index contributed by atoms with van der Waals surface area (Å²) in [5.74, 6) is 0.737. The molecule has 1 unspecified atom stereocenters. The van der Waals surface area contributed by atoms with Crippen LogP contribution >= 0.6 is 0 Å². The molecule has 0 radical (unpaired) electrons. The predicted octanol–water partition coefficient (Wildman–Crippen LogP) is 5.09. The summed E-state index contributed by atoms with van der Waals surface area (Å²) in [6.07, 6.45) is 0.607. The molecule has 0 spiro atoms. The van der Waals surface area contributed by atoms with Crippen LogP contribution in [0.3, 0.4) is 0 Å². The monoisotopic (exact) mass is 510 g/mol. The van der Waals surface area contributed by atoms with Crippen LogP contribution in [-0.4, -0.2) is 35.1 Å². The lowest BCUT2D eigenvalue weighted by Gasteiger charge is -2.27. The molecule has 3 aromatic rings. The van der Waals surface area contributed by atoms with Crippen LogP contribution in [0.5, 0.6) is 11.5 Å². The highest BCUT2D eigenvalue weighted by molar-refractivity contribution is 7.92. The lowest BCUT2D eigenvalue weighted by atomic mass is 10.0. The van der Waals surface area contributed by atoms with E-state index in [1.54, 1.807) is 50.6 Å². The van der Waals surface area contributed by atoms with Gasteiger partial charge in [0.25, 0.3) is 10.0 Å². The van der Waals surface area contributed by atoms with Crippen molar-refractivity contribution in [3.05, 3.63) is 82.9 Å². The summed E-state index contributed by atoms with van der Waals surface area (Å²) in [7, 11) is -0.875. The Balaban J connectivity index is 1.94. The summed E-state index contributed by atoms with van der Waals surface area (Å²) in [5, 5.41) is 2.99. The van der Waals surface area contributed by atoms with E-state index < -0.39 is 15.9 Å². The van der Waals surface area contributed by atoms with E-state index in [0.717, 1.165) is 22.3 Å². The van der Waals surface area contributed by atoms with Crippen LogP contribution in [0.25, 0.3) is 0 Å². The molecule has 0 saturated carbocycles. The molecule has 1 N–H and O–H groups in total. The third-order valence-corrected chi connectivity index (χ3v) is 7.84. The Morgan fingerprint density at radius 1 is 0.889 bits per heavy atom. The number of carbonyl (C=O) groups excluding carboxylic acids is 1. The standard InChI is InChI=1S/C28H34N2O5S/c1-7-24(22-11-15-26(34-5)27(17-22)35-6)29-28(31)18-30(25-14-10-20(3)16-21(25)4)36(32,33)23-12-8-19(2)9-13-23/h8-17,24H,7,18H2,1-6H3,(H,29,31). The van der Waals surface area contributed by atoms with Crippen molar-refractivity contribution < 1.29 is 22.7 Å². The molecule has 192 valence electrons. The molecule has 0 aliphatic carbocycles. The molecule has 0 heterocycles. The average Bonchev–Trinajstić information content (AvgIpc) is 2.86. The van der Waals surface area contributed by atoms with Gasteiger partial charge < -0.3 is 14.8 Å². The normalized spacial score (nSPS) is 12.1. The van der Waals surface area contributed by atoms with Crippen LogP contribution in [0.2, 0.25) is 0 Å². The molecule has 7 nitrogen and oxygen atoms in total. The Bertz CT molecular complexity index is 1320. The van der Waals surface area contributed by atoms with Crippen LogP contribution in [-0.2, 0) is 14.8 Å². The zero-order valence-corrected chi connectivity index (χ0v) is 22.5. The number of nitrogens with zero attached hydrogens (tertiary/aromatic N) is 1. The van der Waals surface area contributed by atoms with Crippen molar-refractivity contribution in [3.63, 3.8) is 0 Å². The highest BCUT2D eigenvalue weighted by Gasteiger charge is 2.29. The van der Waals surface area contributed by atoms with Crippen molar-refractivity contribution in [1.82, 2.24) is 5.32 Å². The number of nitrogens with one attached hydrogen (secondary N) is 1. The minimum absolute atomic E-state index is 0.132. The first-order valence-corrected chi connectivity index (χ1v) is 13.2. The second kappa shape index (κ2) is 11.5. The molecule has 0 bridgehead atoms. The van der Waals surface area contributed by atoms with Gasteiger partial charge in [-0.05, 0) is 68.7 Å². The number of anilines is 1. The number of aryl methyl sites for hydroxylation is 3. The van der Waals surface area contributed by atoms with Gasteiger partial charge in [0.2, 0.25) is 5.91 Å². The third kappa shape index (κ3) is 5.99. The number of sulfonamides is 1. The van der Waals surface area contributed by atoms with Crippen LogP contribution in [0.4, 0.5) is 5.69 Å². The van der Waals surface area contributed by atoms with Gasteiger partial charge in [0.1, 0.15) is 6.54 Å². The Morgan fingerprint density at radius 3 is 2.11 bits per heavy atom. The average molecular weight is 511 g/mol. The number of hydrogen-bond acceptors (Lipinski definition) is 5. The maximum atomic E-state index is 13.7. The third-order valence-electron chi connectivity index (χ3n) is 6.07. The molecule has 0 aromatic heterocycles. The quantitative estimate of drug-likeness (QED) is 0.411. The highest BCUT2D eigenvalue weighted by Crippen LogP contribution is 2.31. The van der Waals surface area contributed by atoms with Crippen molar-refractivity contribution in [2.24, 2.45) is 0 Å².